The molecule has 0 spiro atoms. The third-order valence-corrected chi connectivity index (χ3v) is 4.66. The molecular formula is C14H19FN2OS. The summed E-state index contributed by atoms with van der Waals surface area (Å²) < 4.78 is 13.2. The number of thioether (sulfide) groups is 1. The minimum absolute atomic E-state index is 0.182. The number of nitrogen functional groups attached to an aromatic ring is 1. The number of carbonyl (C=O) groups excluding carboxylic acids is 1. The van der Waals surface area contributed by atoms with Crippen molar-refractivity contribution in [3.63, 3.8) is 0 Å². The molecule has 1 fully saturated rings. The van der Waals surface area contributed by atoms with Crippen LogP contribution in [-0.4, -0.2) is 23.0 Å². The minimum Gasteiger partial charge on any atom is -0.399 e. The fourth-order valence-electron chi connectivity index (χ4n) is 2.50. The molecule has 1 aromatic carbocycles. The molecule has 2 atom stereocenters. The highest BCUT2D eigenvalue weighted by Crippen LogP contribution is 2.30. The highest BCUT2D eigenvalue weighted by molar-refractivity contribution is 7.99. The van der Waals surface area contributed by atoms with Crippen LogP contribution in [0.1, 0.15) is 36.5 Å². The number of nitrogens with two attached hydrogens (primary N) is 1. The maximum atomic E-state index is 13.2. The van der Waals surface area contributed by atoms with E-state index < -0.39 is 5.82 Å². The van der Waals surface area contributed by atoms with Gasteiger partial charge in [-0.05, 0) is 36.8 Å². The Morgan fingerprint density at radius 2 is 2.26 bits per heavy atom. The summed E-state index contributed by atoms with van der Waals surface area (Å²) in [7, 11) is 0. The molecule has 1 aliphatic rings. The quantitative estimate of drug-likeness (QED) is 0.835. The van der Waals surface area contributed by atoms with Crippen molar-refractivity contribution in [1.82, 2.24) is 5.32 Å². The Labute approximate surface area is 117 Å². The van der Waals surface area contributed by atoms with E-state index in [9.17, 15) is 9.18 Å². The normalized spacial score (nSPS) is 22.4. The van der Waals surface area contributed by atoms with E-state index in [1.165, 1.54) is 18.2 Å². The van der Waals surface area contributed by atoms with Crippen molar-refractivity contribution < 1.29 is 9.18 Å². The summed E-state index contributed by atoms with van der Waals surface area (Å²) in [5, 5.41) is 3.47. The molecule has 0 radical (unpaired) electrons. The number of hydrogen-bond donors (Lipinski definition) is 2. The molecule has 0 bridgehead atoms. The van der Waals surface area contributed by atoms with Crippen molar-refractivity contribution in [1.29, 1.82) is 0 Å². The van der Waals surface area contributed by atoms with Crippen LogP contribution in [0.4, 0.5) is 10.1 Å². The van der Waals surface area contributed by atoms with Gasteiger partial charge in [-0.25, -0.2) is 4.39 Å². The number of anilines is 1. The van der Waals surface area contributed by atoms with E-state index in [-0.39, 0.29) is 17.6 Å². The zero-order valence-corrected chi connectivity index (χ0v) is 11.8. The van der Waals surface area contributed by atoms with Crippen molar-refractivity contribution in [2.75, 3.05) is 11.5 Å². The summed E-state index contributed by atoms with van der Waals surface area (Å²) in [5.74, 6) is 0.333. The smallest absolute Gasteiger partial charge is 0.251 e. The molecular weight excluding hydrogens is 263 g/mol. The number of benzene rings is 1. The number of carbonyl (C=O) groups is 1. The lowest BCUT2D eigenvalue weighted by Gasteiger charge is -2.20. The molecule has 0 heterocycles. The van der Waals surface area contributed by atoms with Gasteiger partial charge in [0, 0.05) is 22.5 Å². The molecule has 1 amide bonds. The third-order valence-electron chi connectivity index (χ3n) is 3.33. The van der Waals surface area contributed by atoms with Gasteiger partial charge in [0.05, 0.1) is 0 Å². The Kier molecular flexibility index (Phi) is 4.69. The van der Waals surface area contributed by atoms with Gasteiger partial charge < -0.3 is 11.1 Å². The Bertz CT molecular complexity index is 447. The van der Waals surface area contributed by atoms with Gasteiger partial charge in [-0.2, -0.15) is 11.8 Å². The van der Waals surface area contributed by atoms with Crippen LogP contribution in [0, 0.1) is 5.82 Å². The van der Waals surface area contributed by atoms with E-state index in [1.54, 1.807) is 0 Å². The summed E-state index contributed by atoms with van der Waals surface area (Å²) >= 11 is 1.88. The fourth-order valence-corrected chi connectivity index (χ4v) is 3.70. The van der Waals surface area contributed by atoms with Crippen molar-refractivity contribution in [3.05, 3.63) is 29.6 Å². The molecule has 19 heavy (non-hydrogen) atoms. The Morgan fingerprint density at radius 1 is 1.47 bits per heavy atom. The second-order valence-corrected chi connectivity index (χ2v) is 6.29. The van der Waals surface area contributed by atoms with Crippen molar-refractivity contribution in [3.8, 4) is 0 Å². The van der Waals surface area contributed by atoms with Gasteiger partial charge in [0.25, 0.3) is 5.91 Å². The fraction of sp³-hybridized carbons (Fsp3) is 0.500. The van der Waals surface area contributed by atoms with E-state index in [2.05, 4.69) is 12.2 Å². The second-order valence-electron chi connectivity index (χ2n) is 4.78. The first-order valence-corrected chi connectivity index (χ1v) is 7.63. The molecule has 1 saturated carbocycles. The Hall–Kier alpha value is -1.23. The van der Waals surface area contributed by atoms with E-state index >= 15 is 0 Å². The summed E-state index contributed by atoms with van der Waals surface area (Å²) in [5.41, 5.74) is 6.13. The molecule has 2 unspecified atom stereocenters. The average Bonchev–Trinajstić information content (AvgIpc) is 2.76. The number of nitrogens with one attached hydrogen (secondary N) is 1. The summed E-state index contributed by atoms with van der Waals surface area (Å²) in [6.07, 6.45) is 3.26. The van der Waals surface area contributed by atoms with E-state index in [1.807, 2.05) is 11.8 Å². The first-order valence-electron chi connectivity index (χ1n) is 6.58. The number of halogens is 1. The highest BCUT2D eigenvalue weighted by atomic mass is 32.2. The van der Waals surface area contributed by atoms with Gasteiger partial charge in [-0.3, -0.25) is 4.79 Å². The van der Waals surface area contributed by atoms with E-state index in [0.717, 1.165) is 25.0 Å². The number of rotatable bonds is 4. The zero-order chi connectivity index (χ0) is 13.8. The number of hydrogen-bond acceptors (Lipinski definition) is 3. The first-order chi connectivity index (χ1) is 9.10. The van der Waals surface area contributed by atoms with Crippen LogP contribution in [-0.2, 0) is 0 Å². The van der Waals surface area contributed by atoms with Crippen LogP contribution in [0.25, 0.3) is 0 Å². The monoisotopic (exact) mass is 282 g/mol. The van der Waals surface area contributed by atoms with Crippen LogP contribution in [0.3, 0.4) is 0 Å². The largest absolute Gasteiger partial charge is 0.399 e. The van der Waals surface area contributed by atoms with Gasteiger partial charge in [0.1, 0.15) is 5.82 Å². The first kappa shape index (κ1) is 14.2. The predicted octanol–water partition coefficient (Wildman–Crippen LogP) is 2.81. The Morgan fingerprint density at radius 3 is 2.95 bits per heavy atom. The SMILES string of the molecule is CCSC1CCCC1NC(=O)c1cc(N)cc(F)c1. The van der Waals surface area contributed by atoms with Crippen LogP contribution in [0.5, 0.6) is 0 Å². The molecule has 1 aliphatic carbocycles. The molecule has 104 valence electrons. The van der Waals surface area contributed by atoms with Gasteiger partial charge in [0.15, 0.2) is 0 Å². The van der Waals surface area contributed by atoms with Crippen LogP contribution in [0.15, 0.2) is 18.2 Å². The summed E-state index contributed by atoms with van der Waals surface area (Å²) in [6, 6.07) is 4.13. The zero-order valence-electron chi connectivity index (χ0n) is 11.0. The molecule has 0 saturated heterocycles. The van der Waals surface area contributed by atoms with Crippen molar-refractivity contribution in [2.45, 2.75) is 37.5 Å². The number of amides is 1. The predicted molar refractivity (Wildman–Crippen MR) is 77.8 cm³/mol. The second kappa shape index (κ2) is 6.28. The maximum Gasteiger partial charge on any atom is 0.251 e. The molecule has 0 aliphatic heterocycles. The average molecular weight is 282 g/mol. The third kappa shape index (κ3) is 3.62. The maximum absolute atomic E-state index is 13.2. The summed E-state index contributed by atoms with van der Waals surface area (Å²) in [4.78, 5) is 12.1. The lowest BCUT2D eigenvalue weighted by Crippen LogP contribution is -2.38. The standard InChI is InChI=1S/C14H19FN2OS/c1-2-19-13-5-3-4-12(13)17-14(18)9-6-10(15)8-11(16)7-9/h6-8,12-13H,2-5,16H2,1H3,(H,17,18). The molecule has 2 rings (SSSR count). The van der Waals surface area contributed by atoms with E-state index in [0.29, 0.717) is 10.8 Å². The molecule has 3 N–H and O–H groups in total. The lowest BCUT2D eigenvalue weighted by molar-refractivity contribution is 0.0938. The van der Waals surface area contributed by atoms with Gasteiger partial charge in [0.2, 0.25) is 0 Å². The minimum atomic E-state index is -0.476. The van der Waals surface area contributed by atoms with Crippen LogP contribution >= 0.6 is 11.8 Å². The van der Waals surface area contributed by atoms with Crippen molar-refractivity contribution >= 4 is 23.4 Å². The topological polar surface area (TPSA) is 55.1 Å². The van der Waals surface area contributed by atoms with Crippen LogP contribution in [0.2, 0.25) is 0 Å². The van der Waals surface area contributed by atoms with E-state index in [4.69, 9.17) is 5.73 Å². The summed E-state index contributed by atoms with van der Waals surface area (Å²) in [6.45, 7) is 2.12. The Balaban J connectivity index is 2.04. The molecule has 0 aromatic heterocycles. The van der Waals surface area contributed by atoms with Gasteiger partial charge in [-0.1, -0.05) is 13.3 Å². The highest BCUT2D eigenvalue weighted by Gasteiger charge is 2.28. The van der Waals surface area contributed by atoms with Gasteiger partial charge >= 0.3 is 0 Å². The van der Waals surface area contributed by atoms with Crippen LogP contribution < -0.4 is 11.1 Å². The molecule has 3 nitrogen and oxygen atoms in total. The molecule has 1 aromatic rings. The van der Waals surface area contributed by atoms with Crippen molar-refractivity contribution in [2.24, 2.45) is 0 Å². The lowest BCUT2D eigenvalue weighted by atomic mass is 10.1. The van der Waals surface area contributed by atoms with Gasteiger partial charge in [-0.15, -0.1) is 0 Å². The molecule has 5 heteroatoms.